The van der Waals surface area contributed by atoms with E-state index in [0.29, 0.717) is 18.9 Å². The number of ether oxygens (including phenoxy) is 1. The van der Waals surface area contributed by atoms with Gasteiger partial charge in [-0.1, -0.05) is 23.7 Å². The summed E-state index contributed by atoms with van der Waals surface area (Å²) < 4.78 is 5.32. The Labute approximate surface area is 176 Å². The number of nitrogens with zero attached hydrogens (tertiary/aromatic N) is 4. The van der Waals surface area contributed by atoms with Crippen molar-refractivity contribution < 1.29 is 9.53 Å². The molecule has 2 fully saturated rings. The van der Waals surface area contributed by atoms with Gasteiger partial charge in [0, 0.05) is 57.0 Å². The van der Waals surface area contributed by atoms with E-state index < -0.39 is 0 Å². The van der Waals surface area contributed by atoms with E-state index in [4.69, 9.17) is 16.3 Å². The van der Waals surface area contributed by atoms with E-state index in [0.717, 1.165) is 56.4 Å². The fourth-order valence-electron chi connectivity index (χ4n) is 3.70. The number of amides is 1. The number of carbonyl (C=O) groups excluding carboxylic acids is 1. The third-order valence-corrected chi connectivity index (χ3v) is 5.71. The van der Waals surface area contributed by atoms with Crippen LogP contribution in [0.15, 0.2) is 36.4 Å². The normalized spacial score (nSPS) is 18.6. The molecule has 154 valence electrons. The third-order valence-electron chi connectivity index (χ3n) is 5.46. The zero-order valence-electron chi connectivity index (χ0n) is 16.4. The van der Waals surface area contributed by atoms with Gasteiger partial charge in [-0.3, -0.25) is 9.69 Å². The molecule has 4 rings (SSSR count). The highest BCUT2D eigenvalue weighted by Gasteiger charge is 2.21. The molecule has 1 aromatic heterocycles. The van der Waals surface area contributed by atoms with Gasteiger partial charge in [0.15, 0.2) is 11.5 Å². The molecule has 0 saturated carbocycles. The van der Waals surface area contributed by atoms with Crippen molar-refractivity contribution in [2.75, 3.05) is 44.3 Å². The number of aromatic nitrogens is 2. The summed E-state index contributed by atoms with van der Waals surface area (Å²) in [6.07, 6.45) is 1.69. The van der Waals surface area contributed by atoms with Crippen LogP contribution >= 0.6 is 11.6 Å². The molecule has 0 bridgehead atoms. The van der Waals surface area contributed by atoms with Crippen molar-refractivity contribution >= 4 is 23.3 Å². The quantitative estimate of drug-likeness (QED) is 0.808. The van der Waals surface area contributed by atoms with Crippen molar-refractivity contribution in [3.63, 3.8) is 0 Å². The maximum Gasteiger partial charge on any atom is 0.272 e. The first-order valence-corrected chi connectivity index (χ1v) is 10.5. The van der Waals surface area contributed by atoms with Crippen LogP contribution in [-0.4, -0.2) is 66.4 Å². The Kier molecular flexibility index (Phi) is 6.59. The van der Waals surface area contributed by atoms with Gasteiger partial charge >= 0.3 is 0 Å². The molecule has 1 aromatic carbocycles. The highest BCUT2D eigenvalue weighted by atomic mass is 35.5. The fourth-order valence-corrected chi connectivity index (χ4v) is 3.83. The lowest BCUT2D eigenvalue weighted by atomic mass is 10.1. The lowest BCUT2D eigenvalue weighted by molar-refractivity contribution is 0.0693. The Morgan fingerprint density at radius 3 is 2.41 bits per heavy atom. The summed E-state index contributed by atoms with van der Waals surface area (Å²) in [6, 6.07) is 11.8. The van der Waals surface area contributed by atoms with Crippen LogP contribution in [0.2, 0.25) is 5.02 Å². The van der Waals surface area contributed by atoms with E-state index in [1.165, 1.54) is 5.56 Å². The number of piperazine rings is 1. The van der Waals surface area contributed by atoms with Crippen LogP contribution in [-0.2, 0) is 11.3 Å². The summed E-state index contributed by atoms with van der Waals surface area (Å²) in [6.45, 7) is 5.99. The average Bonchev–Trinajstić information content (AvgIpc) is 2.77. The van der Waals surface area contributed by atoms with Gasteiger partial charge in [-0.15, -0.1) is 10.2 Å². The maximum absolute atomic E-state index is 12.4. The molecular formula is C21H26ClN5O2. The molecule has 2 aliphatic heterocycles. The second-order valence-electron chi connectivity index (χ2n) is 7.53. The minimum Gasteiger partial charge on any atom is -0.381 e. The Hall–Kier alpha value is -2.22. The number of hydrogen-bond donors (Lipinski definition) is 1. The van der Waals surface area contributed by atoms with Crippen LogP contribution < -0.4 is 10.2 Å². The van der Waals surface area contributed by atoms with E-state index >= 15 is 0 Å². The number of anilines is 1. The standard InChI is InChI=1S/C21H26ClN5O2/c22-17-3-1-16(2-4-17)15-26-9-11-27(12-10-26)20-6-5-19(24-25-20)21(28)23-18-7-13-29-14-8-18/h1-6,18H,7-15H2,(H,23,28). The van der Waals surface area contributed by atoms with Crippen LogP contribution in [0.25, 0.3) is 0 Å². The van der Waals surface area contributed by atoms with Gasteiger partial charge in [-0.25, -0.2) is 0 Å². The van der Waals surface area contributed by atoms with E-state index in [1.54, 1.807) is 6.07 Å². The van der Waals surface area contributed by atoms with Crippen molar-refractivity contribution in [1.29, 1.82) is 0 Å². The van der Waals surface area contributed by atoms with Gasteiger partial charge in [-0.2, -0.15) is 0 Å². The van der Waals surface area contributed by atoms with Crippen LogP contribution in [0.4, 0.5) is 5.82 Å². The van der Waals surface area contributed by atoms with Gasteiger partial charge in [-0.05, 0) is 42.7 Å². The van der Waals surface area contributed by atoms with Gasteiger partial charge in [0.25, 0.3) is 5.91 Å². The number of nitrogens with one attached hydrogen (secondary N) is 1. The van der Waals surface area contributed by atoms with E-state index in [2.05, 4.69) is 37.4 Å². The van der Waals surface area contributed by atoms with E-state index in [9.17, 15) is 4.79 Å². The predicted molar refractivity (Wildman–Crippen MR) is 112 cm³/mol. The highest BCUT2D eigenvalue weighted by molar-refractivity contribution is 6.30. The monoisotopic (exact) mass is 415 g/mol. The van der Waals surface area contributed by atoms with Gasteiger partial charge in [0.05, 0.1) is 0 Å². The minimum atomic E-state index is -0.163. The summed E-state index contributed by atoms with van der Waals surface area (Å²) in [7, 11) is 0. The van der Waals surface area contributed by atoms with E-state index in [1.807, 2.05) is 18.2 Å². The molecule has 3 heterocycles. The summed E-state index contributed by atoms with van der Waals surface area (Å²) >= 11 is 5.96. The number of hydrogen-bond acceptors (Lipinski definition) is 6. The molecule has 0 aliphatic carbocycles. The molecule has 2 saturated heterocycles. The molecule has 1 N–H and O–H groups in total. The second kappa shape index (κ2) is 9.52. The topological polar surface area (TPSA) is 70.6 Å². The Morgan fingerprint density at radius 1 is 1.03 bits per heavy atom. The molecular weight excluding hydrogens is 390 g/mol. The lowest BCUT2D eigenvalue weighted by Gasteiger charge is -2.35. The molecule has 8 heteroatoms. The smallest absolute Gasteiger partial charge is 0.272 e. The molecule has 1 amide bonds. The van der Waals surface area contributed by atoms with Gasteiger partial charge < -0.3 is 15.0 Å². The van der Waals surface area contributed by atoms with Crippen LogP contribution in [0.3, 0.4) is 0 Å². The summed E-state index contributed by atoms with van der Waals surface area (Å²) in [4.78, 5) is 17.0. The van der Waals surface area contributed by atoms with Gasteiger partial charge in [0.1, 0.15) is 0 Å². The Bertz CT molecular complexity index is 801. The van der Waals surface area contributed by atoms with Crippen molar-refractivity contribution in [2.24, 2.45) is 0 Å². The molecule has 7 nitrogen and oxygen atoms in total. The van der Waals surface area contributed by atoms with Crippen molar-refractivity contribution in [3.05, 3.63) is 52.7 Å². The molecule has 0 unspecified atom stereocenters. The van der Waals surface area contributed by atoms with Gasteiger partial charge in [0.2, 0.25) is 0 Å². The molecule has 29 heavy (non-hydrogen) atoms. The molecule has 2 aliphatic rings. The summed E-state index contributed by atoms with van der Waals surface area (Å²) in [5.41, 5.74) is 1.63. The largest absolute Gasteiger partial charge is 0.381 e. The summed E-state index contributed by atoms with van der Waals surface area (Å²) in [5.74, 6) is 0.655. The first-order chi connectivity index (χ1) is 14.2. The molecule has 0 spiro atoms. The first-order valence-electron chi connectivity index (χ1n) is 10.1. The van der Waals surface area contributed by atoms with Crippen LogP contribution in [0.1, 0.15) is 28.9 Å². The van der Waals surface area contributed by atoms with Crippen LogP contribution in [0.5, 0.6) is 0 Å². The molecule has 0 radical (unpaired) electrons. The first kappa shape index (κ1) is 20.1. The van der Waals surface area contributed by atoms with Crippen molar-refractivity contribution in [2.45, 2.75) is 25.4 Å². The minimum absolute atomic E-state index is 0.159. The number of carbonyl (C=O) groups is 1. The SMILES string of the molecule is O=C(NC1CCOCC1)c1ccc(N2CCN(Cc3ccc(Cl)cc3)CC2)nn1. The third kappa shape index (κ3) is 5.44. The maximum atomic E-state index is 12.4. The fraction of sp³-hybridized carbons (Fsp3) is 0.476. The second-order valence-corrected chi connectivity index (χ2v) is 7.96. The van der Waals surface area contributed by atoms with Crippen molar-refractivity contribution in [3.8, 4) is 0 Å². The lowest BCUT2D eigenvalue weighted by Crippen LogP contribution is -2.46. The average molecular weight is 416 g/mol. The molecule has 2 aromatic rings. The number of halogens is 1. The summed E-state index contributed by atoms with van der Waals surface area (Å²) in [5, 5.41) is 12.2. The predicted octanol–water partition coefficient (Wildman–Crippen LogP) is 2.36. The zero-order valence-corrected chi connectivity index (χ0v) is 17.1. The zero-order chi connectivity index (χ0) is 20.1. The highest BCUT2D eigenvalue weighted by Crippen LogP contribution is 2.16. The van der Waals surface area contributed by atoms with Crippen molar-refractivity contribution in [1.82, 2.24) is 20.4 Å². The Morgan fingerprint density at radius 2 is 1.76 bits per heavy atom. The molecule has 0 atom stereocenters. The Balaban J connectivity index is 1.27. The van der Waals surface area contributed by atoms with E-state index in [-0.39, 0.29) is 11.9 Å². The number of benzene rings is 1. The number of rotatable bonds is 5. The van der Waals surface area contributed by atoms with Crippen LogP contribution in [0, 0.1) is 0 Å².